The van der Waals surface area contributed by atoms with Crippen LogP contribution in [-0.2, 0) is 14.3 Å². The van der Waals surface area contributed by atoms with Gasteiger partial charge in [-0.05, 0) is 56.4 Å². The van der Waals surface area contributed by atoms with E-state index >= 15 is 0 Å². The molecule has 0 atom stereocenters. The van der Waals surface area contributed by atoms with Gasteiger partial charge in [0.25, 0.3) is 5.91 Å². The molecule has 9 heteroatoms. The molecular formula is C24H31N5O4. The van der Waals surface area contributed by atoms with Crippen LogP contribution in [0.15, 0.2) is 48.5 Å². The third-order valence-electron chi connectivity index (χ3n) is 5.10. The molecule has 0 saturated carbocycles. The van der Waals surface area contributed by atoms with E-state index in [1.807, 2.05) is 31.2 Å². The van der Waals surface area contributed by atoms with E-state index in [2.05, 4.69) is 20.9 Å². The number of likely N-dealkylation sites (N-methyl/N-ethyl adjacent to an activating group) is 1. The van der Waals surface area contributed by atoms with Crippen LogP contribution < -0.4 is 20.9 Å². The highest BCUT2D eigenvalue weighted by Gasteiger charge is 2.14. The van der Waals surface area contributed by atoms with Crippen LogP contribution in [-0.4, -0.2) is 75.6 Å². The average Bonchev–Trinajstić information content (AvgIpc) is 2.80. The van der Waals surface area contributed by atoms with Gasteiger partial charge in [-0.3, -0.25) is 19.3 Å². The number of anilines is 3. The van der Waals surface area contributed by atoms with E-state index in [1.165, 1.54) is 0 Å². The quantitative estimate of drug-likeness (QED) is 0.535. The van der Waals surface area contributed by atoms with E-state index < -0.39 is 0 Å². The van der Waals surface area contributed by atoms with Crippen molar-refractivity contribution in [3.8, 4) is 0 Å². The van der Waals surface area contributed by atoms with Crippen molar-refractivity contribution in [1.29, 1.82) is 0 Å². The largest absolute Gasteiger partial charge is 0.378 e. The lowest BCUT2D eigenvalue weighted by atomic mass is 10.2. The molecule has 0 unspecified atom stereocenters. The molecule has 9 nitrogen and oxygen atoms in total. The number of benzene rings is 2. The highest BCUT2D eigenvalue weighted by atomic mass is 16.5. The normalized spacial score (nSPS) is 13.5. The molecule has 0 bridgehead atoms. The van der Waals surface area contributed by atoms with Gasteiger partial charge in [0.05, 0.1) is 26.3 Å². The van der Waals surface area contributed by atoms with Gasteiger partial charge in [0, 0.05) is 42.3 Å². The number of carbonyl (C=O) groups is 3. The summed E-state index contributed by atoms with van der Waals surface area (Å²) in [4.78, 5) is 40.5. The second-order valence-electron chi connectivity index (χ2n) is 7.86. The Labute approximate surface area is 194 Å². The Balaban J connectivity index is 1.44. The zero-order valence-corrected chi connectivity index (χ0v) is 19.1. The first-order valence-corrected chi connectivity index (χ1v) is 11.0. The topological polar surface area (TPSA) is 103 Å². The molecule has 0 radical (unpaired) electrons. The predicted octanol–water partition coefficient (Wildman–Crippen LogP) is 1.78. The highest BCUT2D eigenvalue weighted by Crippen LogP contribution is 2.19. The van der Waals surface area contributed by atoms with Crippen LogP contribution in [0.25, 0.3) is 0 Å². The lowest BCUT2D eigenvalue weighted by Crippen LogP contribution is -2.36. The molecule has 176 valence electrons. The number of rotatable bonds is 9. The van der Waals surface area contributed by atoms with E-state index in [0.29, 0.717) is 23.5 Å². The van der Waals surface area contributed by atoms with Crippen molar-refractivity contribution in [2.75, 3.05) is 68.5 Å². The molecule has 1 aliphatic rings. The number of carbonyl (C=O) groups excluding carboxylic acids is 3. The second-order valence-corrected chi connectivity index (χ2v) is 7.86. The minimum atomic E-state index is -0.270. The molecule has 1 heterocycles. The first-order valence-electron chi connectivity index (χ1n) is 11.0. The number of ether oxygens (including phenoxy) is 1. The van der Waals surface area contributed by atoms with Crippen LogP contribution in [0.2, 0.25) is 0 Å². The van der Waals surface area contributed by atoms with Gasteiger partial charge in [-0.2, -0.15) is 0 Å². The van der Waals surface area contributed by atoms with Gasteiger partial charge in [0.2, 0.25) is 11.8 Å². The molecular weight excluding hydrogens is 422 g/mol. The first-order chi connectivity index (χ1) is 15.9. The fraction of sp³-hybridized carbons (Fsp3) is 0.375. The zero-order valence-electron chi connectivity index (χ0n) is 19.1. The maximum absolute atomic E-state index is 12.4. The molecule has 1 aliphatic heterocycles. The van der Waals surface area contributed by atoms with Gasteiger partial charge in [-0.1, -0.05) is 6.07 Å². The summed E-state index contributed by atoms with van der Waals surface area (Å²) in [5.41, 5.74) is 2.81. The summed E-state index contributed by atoms with van der Waals surface area (Å²) in [6, 6.07) is 14.4. The van der Waals surface area contributed by atoms with E-state index in [-0.39, 0.29) is 30.8 Å². The molecule has 0 aromatic heterocycles. The molecule has 2 aromatic rings. The summed E-state index contributed by atoms with van der Waals surface area (Å²) < 4.78 is 5.37. The minimum absolute atomic E-state index is 0.0365. The number of hydrogen-bond acceptors (Lipinski definition) is 6. The van der Waals surface area contributed by atoms with Crippen LogP contribution in [0, 0.1) is 0 Å². The molecule has 3 N–H and O–H groups in total. The van der Waals surface area contributed by atoms with Crippen molar-refractivity contribution in [3.05, 3.63) is 54.1 Å². The number of amides is 3. The van der Waals surface area contributed by atoms with Crippen LogP contribution in [0.5, 0.6) is 0 Å². The average molecular weight is 454 g/mol. The van der Waals surface area contributed by atoms with Crippen molar-refractivity contribution in [2.45, 2.75) is 6.92 Å². The monoisotopic (exact) mass is 453 g/mol. The Kier molecular flexibility index (Phi) is 8.79. The van der Waals surface area contributed by atoms with Crippen molar-refractivity contribution < 1.29 is 19.1 Å². The Morgan fingerprint density at radius 1 is 0.939 bits per heavy atom. The van der Waals surface area contributed by atoms with Gasteiger partial charge < -0.3 is 25.6 Å². The second kappa shape index (κ2) is 12.0. The van der Waals surface area contributed by atoms with Crippen molar-refractivity contribution in [2.24, 2.45) is 0 Å². The maximum Gasteiger partial charge on any atom is 0.251 e. The molecule has 2 aromatic carbocycles. The van der Waals surface area contributed by atoms with Crippen LogP contribution in [0.3, 0.4) is 0 Å². The van der Waals surface area contributed by atoms with E-state index in [9.17, 15) is 14.4 Å². The first kappa shape index (κ1) is 24.2. The molecule has 0 aliphatic carbocycles. The van der Waals surface area contributed by atoms with E-state index in [4.69, 9.17) is 4.74 Å². The number of hydrogen-bond donors (Lipinski definition) is 3. The van der Waals surface area contributed by atoms with Gasteiger partial charge >= 0.3 is 0 Å². The van der Waals surface area contributed by atoms with Crippen LogP contribution >= 0.6 is 0 Å². The Bertz CT molecular complexity index is 958. The maximum atomic E-state index is 12.4. The molecule has 1 fully saturated rings. The minimum Gasteiger partial charge on any atom is -0.378 e. The fourth-order valence-electron chi connectivity index (χ4n) is 3.53. The summed E-state index contributed by atoms with van der Waals surface area (Å²) in [6.07, 6.45) is 0. The summed E-state index contributed by atoms with van der Waals surface area (Å²) >= 11 is 0. The lowest BCUT2D eigenvalue weighted by Gasteiger charge is -2.28. The SMILES string of the molecule is CCNC(=O)c1cccc(NC(=O)CN(C)CC(=O)Nc2ccc(N3CCOCC3)cc2)c1. The van der Waals surface area contributed by atoms with E-state index in [0.717, 1.165) is 32.0 Å². The summed E-state index contributed by atoms with van der Waals surface area (Å²) in [5.74, 6) is -0.670. The van der Waals surface area contributed by atoms with Crippen LogP contribution in [0.4, 0.5) is 17.1 Å². The zero-order chi connectivity index (χ0) is 23.6. The van der Waals surface area contributed by atoms with Gasteiger partial charge in [-0.15, -0.1) is 0 Å². The Morgan fingerprint density at radius 3 is 2.21 bits per heavy atom. The summed E-state index contributed by atoms with van der Waals surface area (Å²) in [5, 5.41) is 8.35. The Hall–Kier alpha value is -3.43. The van der Waals surface area contributed by atoms with Crippen molar-refractivity contribution in [1.82, 2.24) is 10.2 Å². The number of morpholine rings is 1. The molecule has 3 rings (SSSR count). The smallest absolute Gasteiger partial charge is 0.251 e. The standard InChI is InChI=1S/C24H31N5O4/c1-3-25-24(32)18-5-4-6-20(15-18)27-23(31)17-28(2)16-22(30)26-19-7-9-21(10-8-19)29-11-13-33-14-12-29/h4-10,15H,3,11-14,16-17H2,1-2H3,(H,25,32)(H,26,30)(H,27,31). The molecule has 0 spiro atoms. The van der Waals surface area contributed by atoms with Gasteiger partial charge in [0.1, 0.15) is 0 Å². The third-order valence-corrected chi connectivity index (χ3v) is 5.10. The van der Waals surface area contributed by atoms with Crippen molar-refractivity contribution >= 4 is 34.8 Å². The van der Waals surface area contributed by atoms with Crippen molar-refractivity contribution in [3.63, 3.8) is 0 Å². The van der Waals surface area contributed by atoms with Crippen LogP contribution in [0.1, 0.15) is 17.3 Å². The molecule has 1 saturated heterocycles. The molecule has 33 heavy (non-hydrogen) atoms. The molecule has 3 amide bonds. The number of nitrogens with zero attached hydrogens (tertiary/aromatic N) is 2. The summed E-state index contributed by atoms with van der Waals surface area (Å²) in [7, 11) is 1.70. The van der Waals surface area contributed by atoms with E-state index in [1.54, 1.807) is 36.2 Å². The van der Waals surface area contributed by atoms with Gasteiger partial charge in [-0.25, -0.2) is 0 Å². The number of nitrogens with one attached hydrogen (secondary N) is 3. The third kappa shape index (κ3) is 7.58. The highest BCUT2D eigenvalue weighted by molar-refractivity contribution is 5.98. The Morgan fingerprint density at radius 2 is 1.58 bits per heavy atom. The fourth-order valence-corrected chi connectivity index (χ4v) is 3.53. The lowest BCUT2D eigenvalue weighted by molar-refractivity contribution is -0.119. The summed E-state index contributed by atoms with van der Waals surface area (Å²) in [6.45, 7) is 5.63. The predicted molar refractivity (Wildman–Crippen MR) is 129 cm³/mol. The van der Waals surface area contributed by atoms with Gasteiger partial charge in [0.15, 0.2) is 0 Å².